The second-order valence-corrected chi connectivity index (χ2v) is 33.1. The number of ether oxygens (including phenoxy) is 4. The van der Waals surface area contributed by atoms with E-state index in [2.05, 4.69) is 41.5 Å². The van der Waals surface area contributed by atoms with Crippen molar-refractivity contribution in [2.45, 2.75) is 452 Å². The standard InChI is InChI=1S/C82H160O17P2/c1-7-10-12-14-16-18-20-22-24-26-27-28-29-31-33-38-42-46-54-60-66-81(86)98-77(70-92-79(84)64-58-52-45-41-37-32-30-25-23-21-19-17-15-13-11-8-2)72-96-100(88,89)94-68-76(83)69-95-101(90,91)97-73-78(71-93-80(85)65-59-53-49-48-51-57-63-75(6)9-3)99-82(87)67-61-55-47-43-39-35-34-36-40-44-50-56-62-74(4)5/h74-78,83H,7-73H2,1-6H3,(H,88,89)(H,90,91)/t75?,76-,77-,78-/m1/s1. The molecule has 600 valence electrons. The maximum absolute atomic E-state index is 13.1. The van der Waals surface area contributed by atoms with Gasteiger partial charge in [-0.15, -0.1) is 0 Å². The van der Waals surface area contributed by atoms with Crippen LogP contribution in [0.15, 0.2) is 0 Å². The average molecular weight is 1480 g/mol. The number of rotatable bonds is 81. The highest BCUT2D eigenvalue weighted by molar-refractivity contribution is 7.47. The van der Waals surface area contributed by atoms with E-state index in [9.17, 15) is 43.2 Å². The summed E-state index contributed by atoms with van der Waals surface area (Å²) < 4.78 is 68.8. The zero-order valence-corrected chi connectivity index (χ0v) is 68.0. The fourth-order valence-electron chi connectivity index (χ4n) is 12.7. The quantitative estimate of drug-likeness (QED) is 0.0222. The van der Waals surface area contributed by atoms with Gasteiger partial charge in [-0.2, -0.15) is 0 Å². The molecule has 0 aliphatic rings. The molecule has 0 heterocycles. The smallest absolute Gasteiger partial charge is 0.462 e. The van der Waals surface area contributed by atoms with Crippen LogP contribution in [0, 0.1) is 11.8 Å². The van der Waals surface area contributed by atoms with Crippen LogP contribution in [0.3, 0.4) is 0 Å². The number of carbonyl (C=O) groups excluding carboxylic acids is 4. The molecule has 0 bridgehead atoms. The minimum Gasteiger partial charge on any atom is -0.462 e. The van der Waals surface area contributed by atoms with Crippen molar-refractivity contribution in [1.82, 2.24) is 0 Å². The molecule has 0 aromatic carbocycles. The molecule has 0 amide bonds. The SMILES string of the molecule is CCCCCCCCCCCCCCCCCCCCCCC(=O)O[C@H](COC(=O)CCCCCCCCCCCCCCCCCC)COP(=O)(O)OC[C@@H](O)COP(=O)(O)OC[C@@H](COC(=O)CCCCCCCCC(C)CC)OC(=O)CCCCCCCCCCCCCCC(C)C. The molecule has 0 saturated carbocycles. The fraction of sp³-hybridized carbons (Fsp3) is 0.951. The van der Waals surface area contributed by atoms with Gasteiger partial charge in [0.25, 0.3) is 0 Å². The molecular weight excluding hydrogens is 1320 g/mol. The molecule has 3 N–H and O–H groups in total. The molecule has 0 aliphatic carbocycles. The maximum atomic E-state index is 13.1. The van der Waals surface area contributed by atoms with Crippen LogP contribution in [0.5, 0.6) is 0 Å². The number of aliphatic hydroxyl groups excluding tert-OH is 1. The molecule has 0 aromatic rings. The second-order valence-electron chi connectivity index (χ2n) is 30.2. The van der Waals surface area contributed by atoms with E-state index in [0.29, 0.717) is 25.7 Å². The zero-order chi connectivity index (χ0) is 74.2. The van der Waals surface area contributed by atoms with Gasteiger partial charge >= 0.3 is 39.5 Å². The van der Waals surface area contributed by atoms with Crippen molar-refractivity contribution in [1.29, 1.82) is 0 Å². The minimum absolute atomic E-state index is 0.106. The van der Waals surface area contributed by atoms with Crippen LogP contribution < -0.4 is 0 Å². The summed E-state index contributed by atoms with van der Waals surface area (Å²) >= 11 is 0. The van der Waals surface area contributed by atoms with Gasteiger partial charge in [0.2, 0.25) is 0 Å². The normalized spacial score (nSPS) is 14.2. The lowest BCUT2D eigenvalue weighted by Crippen LogP contribution is -2.30. The van der Waals surface area contributed by atoms with Gasteiger partial charge in [0.05, 0.1) is 26.4 Å². The first-order valence-electron chi connectivity index (χ1n) is 42.5. The van der Waals surface area contributed by atoms with Crippen molar-refractivity contribution in [3.63, 3.8) is 0 Å². The summed E-state index contributed by atoms with van der Waals surface area (Å²) in [5, 5.41) is 10.6. The van der Waals surface area contributed by atoms with Gasteiger partial charge < -0.3 is 33.8 Å². The molecule has 3 unspecified atom stereocenters. The van der Waals surface area contributed by atoms with Gasteiger partial charge in [-0.05, 0) is 37.5 Å². The largest absolute Gasteiger partial charge is 0.472 e. The van der Waals surface area contributed by atoms with Crippen LogP contribution in [0.25, 0.3) is 0 Å². The van der Waals surface area contributed by atoms with Gasteiger partial charge in [0.1, 0.15) is 19.3 Å². The summed E-state index contributed by atoms with van der Waals surface area (Å²) in [4.78, 5) is 73.1. The number of phosphoric acid groups is 2. The number of carbonyl (C=O) groups is 4. The lowest BCUT2D eigenvalue weighted by atomic mass is 10.00. The number of hydrogen-bond acceptors (Lipinski definition) is 15. The van der Waals surface area contributed by atoms with Crippen molar-refractivity contribution in [2.75, 3.05) is 39.6 Å². The molecule has 0 aromatic heterocycles. The van der Waals surface area contributed by atoms with Crippen molar-refractivity contribution in [2.24, 2.45) is 11.8 Å². The Labute approximate surface area is 619 Å². The number of aliphatic hydroxyl groups is 1. The molecule has 0 rings (SSSR count). The molecule has 0 saturated heterocycles. The van der Waals surface area contributed by atoms with Gasteiger partial charge in [-0.1, -0.05) is 382 Å². The summed E-state index contributed by atoms with van der Waals surface area (Å²) in [5.41, 5.74) is 0. The monoisotopic (exact) mass is 1480 g/mol. The Balaban J connectivity index is 5.24. The summed E-state index contributed by atoms with van der Waals surface area (Å²) in [6.45, 7) is 9.61. The Kier molecular flexibility index (Phi) is 72.2. The molecule has 101 heavy (non-hydrogen) atoms. The van der Waals surface area contributed by atoms with E-state index in [1.165, 1.54) is 244 Å². The van der Waals surface area contributed by atoms with E-state index in [1.54, 1.807) is 0 Å². The molecule has 17 nitrogen and oxygen atoms in total. The highest BCUT2D eigenvalue weighted by atomic mass is 31.2. The predicted octanol–water partition coefficient (Wildman–Crippen LogP) is 24.7. The lowest BCUT2D eigenvalue weighted by molar-refractivity contribution is -0.161. The van der Waals surface area contributed by atoms with Gasteiger partial charge in [0, 0.05) is 25.7 Å². The van der Waals surface area contributed by atoms with E-state index < -0.39 is 97.5 Å². The van der Waals surface area contributed by atoms with Crippen LogP contribution >= 0.6 is 15.6 Å². The molecule has 0 aliphatic heterocycles. The number of phosphoric ester groups is 2. The molecule has 0 radical (unpaired) electrons. The Bertz CT molecular complexity index is 1940. The third-order valence-corrected chi connectivity index (χ3v) is 21.5. The molecule has 0 spiro atoms. The zero-order valence-electron chi connectivity index (χ0n) is 66.2. The minimum atomic E-state index is -4.96. The average Bonchev–Trinajstić information content (AvgIpc) is 0.971. The first kappa shape index (κ1) is 99.1. The second kappa shape index (κ2) is 73.6. The van der Waals surface area contributed by atoms with Crippen LogP contribution in [0.2, 0.25) is 0 Å². The van der Waals surface area contributed by atoms with Crippen LogP contribution in [-0.2, 0) is 65.4 Å². The number of unbranched alkanes of at least 4 members (excludes halogenated alkanes) is 50. The number of hydrogen-bond donors (Lipinski definition) is 3. The van der Waals surface area contributed by atoms with Crippen LogP contribution in [-0.4, -0.2) is 96.7 Å². The van der Waals surface area contributed by atoms with Crippen LogP contribution in [0.4, 0.5) is 0 Å². The van der Waals surface area contributed by atoms with Gasteiger partial charge in [-0.3, -0.25) is 37.3 Å². The third kappa shape index (κ3) is 74.7. The summed E-state index contributed by atoms with van der Waals surface area (Å²) in [6.07, 6.45) is 63.9. The Morgan fingerprint density at radius 1 is 0.287 bits per heavy atom. The first-order valence-corrected chi connectivity index (χ1v) is 45.5. The van der Waals surface area contributed by atoms with Crippen molar-refractivity contribution < 1.29 is 80.2 Å². The molecule has 0 fully saturated rings. The molecular formula is C82H160O17P2. The lowest BCUT2D eigenvalue weighted by Gasteiger charge is -2.21. The van der Waals surface area contributed by atoms with Crippen molar-refractivity contribution in [3.05, 3.63) is 0 Å². The molecule has 6 atom stereocenters. The third-order valence-electron chi connectivity index (χ3n) is 19.6. The highest BCUT2D eigenvalue weighted by Crippen LogP contribution is 2.45. The van der Waals surface area contributed by atoms with Gasteiger partial charge in [0.15, 0.2) is 12.2 Å². The summed E-state index contributed by atoms with van der Waals surface area (Å²) in [6, 6.07) is 0. The topological polar surface area (TPSA) is 237 Å². The van der Waals surface area contributed by atoms with Crippen molar-refractivity contribution >= 4 is 39.5 Å². The molecule has 19 heteroatoms. The first-order chi connectivity index (χ1) is 48.9. The predicted molar refractivity (Wildman–Crippen MR) is 414 cm³/mol. The maximum Gasteiger partial charge on any atom is 0.472 e. The van der Waals surface area contributed by atoms with E-state index in [-0.39, 0.29) is 25.7 Å². The van der Waals surface area contributed by atoms with Crippen LogP contribution in [0.1, 0.15) is 433 Å². The summed E-state index contributed by atoms with van der Waals surface area (Å²) in [5.74, 6) is -0.601. The van der Waals surface area contributed by atoms with E-state index >= 15 is 0 Å². The van der Waals surface area contributed by atoms with E-state index in [4.69, 9.17) is 37.0 Å². The Morgan fingerprint density at radius 2 is 0.505 bits per heavy atom. The van der Waals surface area contributed by atoms with E-state index in [0.717, 1.165) is 108 Å². The van der Waals surface area contributed by atoms with Gasteiger partial charge in [-0.25, -0.2) is 9.13 Å². The summed E-state index contributed by atoms with van der Waals surface area (Å²) in [7, 11) is -9.92. The Hall–Kier alpha value is -1.94. The Morgan fingerprint density at radius 3 is 0.752 bits per heavy atom. The number of esters is 4. The van der Waals surface area contributed by atoms with Crippen molar-refractivity contribution in [3.8, 4) is 0 Å². The highest BCUT2D eigenvalue weighted by Gasteiger charge is 2.30. The van der Waals surface area contributed by atoms with E-state index in [1.807, 2.05) is 0 Å². The fourth-order valence-corrected chi connectivity index (χ4v) is 14.3.